The lowest BCUT2D eigenvalue weighted by molar-refractivity contribution is 0.759. The van der Waals surface area contributed by atoms with Gasteiger partial charge in [0.25, 0.3) is 5.56 Å². The Bertz CT molecular complexity index is 1200. The Hall–Kier alpha value is -3.43. The molecule has 0 amide bonds. The molecule has 2 aliphatic heterocycles. The Morgan fingerprint density at radius 2 is 1.82 bits per heavy atom. The number of hydrogen-bond donors (Lipinski definition) is 0. The van der Waals surface area contributed by atoms with Crippen LogP contribution in [0.25, 0.3) is 11.4 Å². The predicted octanol–water partition coefficient (Wildman–Crippen LogP) is 3.47. The first-order valence-electron chi connectivity index (χ1n) is 8.70. The van der Waals surface area contributed by atoms with Crippen LogP contribution in [0.5, 0.6) is 0 Å². The molecule has 2 aromatic heterocycles. The third-order valence-corrected chi connectivity index (χ3v) is 4.83. The molecule has 138 valence electrons. The molecule has 0 fully saturated rings. The van der Waals surface area contributed by atoms with Gasteiger partial charge in [0.05, 0.1) is 17.9 Å². The van der Waals surface area contributed by atoms with Crippen LogP contribution in [0.1, 0.15) is 22.4 Å². The van der Waals surface area contributed by atoms with Gasteiger partial charge in [-0.25, -0.2) is 4.98 Å². The number of nitrogens with zero attached hydrogens (tertiary/aromatic N) is 5. The minimum Gasteiger partial charge on any atom is -0.341 e. The van der Waals surface area contributed by atoms with Crippen molar-refractivity contribution in [1.82, 2.24) is 19.1 Å². The predicted molar refractivity (Wildman–Crippen MR) is 106 cm³/mol. The first-order valence-corrected chi connectivity index (χ1v) is 9.08. The van der Waals surface area contributed by atoms with Gasteiger partial charge in [-0.3, -0.25) is 9.78 Å². The standard InChI is InChI=1S/C21H16ClN5O/c1-14-4-5-16(10-24-14)13-27-18-3-2-8-26(20(18)17(9-23)21(27)28)12-15-6-7-19(22)25-11-15/h2-8,10-11H,12-13H2,1H3. The molecular formula is C21H16ClN5O. The van der Waals surface area contributed by atoms with Crippen LogP contribution < -0.4 is 5.56 Å². The van der Waals surface area contributed by atoms with E-state index in [0.717, 1.165) is 16.8 Å². The fourth-order valence-corrected chi connectivity index (χ4v) is 3.35. The van der Waals surface area contributed by atoms with Gasteiger partial charge in [-0.05, 0) is 42.3 Å². The average molecular weight is 390 g/mol. The zero-order valence-electron chi connectivity index (χ0n) is 15.1. The zero-order valence-corrected chi connectivity index (χ0v) is 15.9. The van der Waals surface area contributed by atoms with Crippen LogP contribution in [0.4, 0.5) is 0 Å². The van der Waals surface area contributed by atoms with Crippen LogP contribution in [0.3, 0.4) is 0 Å². The number of aryl methyl sites for hydroxylation is 1. The summed E-state index contributed by atoms with van der Waals surface area (Å²) in [4.78, 5) is 21.3. The molecule has 0 aromatic carbocycles. The first kappa shape index (κ1) is 18.0. The van der Waals surface area contributed by atoms with E-state index in [1.54, 1.807) is 23.0 Å². The monoisotopic (exact) mass is 389 g/mol. The molecule has 0 unspecified atom stereocenters. The molecule has 0 spiro atoms. The number of hydrogen-bond acceptors (Lipinski definition) is 4. The summed E-state index contributed by atoms with van der Waals surface area (Å²) in [6.07, 6.45) is 5.30. The van der Waals surface area contributed by atoms with E-state index in [0.29, 0.717) is 29.6 Å². The van der Waals surface area contributed by atoms with Crippen LogP contribution in [-0.4, -0.2) is 19.1 Å². The first-order chi connectivity index (χ1) is 13.6. The van der Waals surface area contributed by atoms with E-state index < -0.39 is 0 Å². The van der Waals surface area contributed by atoms with E-state index in [9.17, 15) is 10.1 Å². The Labute approximate surface area is 166 Å². The lowest BCUT2D eigenvalue weighted by Gasteiger charge is -2.14. The van der Waals surface area contributed by atoms with E-state index in [2.05, 4.69) is 16.0 Å². The highest BCUT2D eigenvalue weighted by Crippen LogP contribution is 2.26. The largest absolute Gasteiger partial charge is 0.341 e. The topological polar surface area (TPSA) is 76.5 Å². The van der Waals surface area contributed by atoms with Crippen molar-refractivity contribution in [2.24, 2.45) is 0 Å². The van der Waals surface area contributed by atoms with Gasteiger partial charge in [0.1, 0.15) is 16.8 Å². The van der Waals surface area contributed by atoms with Crippen molar-refractivity contribution in [2.75, 3.05) is 0 Å². The van der Waals surface area contributed by atoms with Gasteiger partial charge in [0.2, 0.25) is 0 Å². The van der Waals surface area contributed by atoms with Gasteiger partial charge in [-0.15, -0.1) is 0 Å². The maximum Gasteiger partial charge on any atom is 0.271 e. The van der Waals surface area contributed by atoms with Gasteiger partial charge >= 0.3 is 0 Å². The van der Waals surface area contributed by atoms with Crippen LogP contribution in [0, 0.1) is 18.3 Å². The van der Waals surface area contributed by atoms with Crippen molar-refractivity contribution in [3.8, 4) is 17.5 Å². The van der Waals surface area contributed by atoms with E-state index in [4.69, 9.17) is 11.6 Å². The normalized spacial score (nSPS) is 10.9. The van der Waals surface area contributed by atoms with Gasteiger partial charge in [-0.1, -0.05) is 23.7 Å². The lowest BCUT2D eigenvalue weighted by Crippen LogP contribution is -2.17. The zero-order chi connectivity index (χ0) is 19.7. The fraction of sp³-hybridized carbons (Fsp3) is 0.143. The van der Waals surface area contributed by atoms with E-state index in [1.165, 1.54) is 0 Å². The molecule has 0 saturated carbocycles. The molecule has 2 aromatic rings. The lowest BCUT2D eigenvalue weighted by atomic mass is 10.1. The summed E-state index contributed by atoms with van der Waals surface area (Å²) in [6.45, 7) is 2.75. The minimum atomic E-state index is -0.299. The molecule has 28 heavy (non-hydrogen) atoms. The van der Waals surface area contributed by atoms with Crippen LogP contribution in [-0.2, 0) is 13.1 Å². The molecule has 0 radical (unpaired) electrons. The number of rotatable bonds is 4. The summed E-state index contributed by atoms with van der Waals surface area (Å²) in [7, 11) is 0. The summed E-state index contributed by atoms with van der Waals surface area (Å²) in [5.41, 5.74) is 3.91. The Balaban J connectivity index is 1.79. The Morgan fingerprint density at radius 3 is 2.50 bits per heavy atom. The average Bonchev–Trinajstić information content (AvgIpc) is 2.97. The van der Waals surface area contributed by atoms with Crippen molar-refractivity contribution in [2.45, 2.75) is 20.0 Å². The summed E-state index contributed by atoms with van der Waals surface area (Å²) in [6, 6.07) is 13.3. The van der Waals surface area contributed by atoms with Gasteiger partial charge < -0.3 is 9.13 Å². The van der Waals surface area contributed by atoms with E-state index >= 15 is 0 Å². The van der Waals surface area contributed by atoms with Crippen molar-refractivity contribution in [1.29, 1.82) is 5.26 Å². The molecule has 0 N–H and O–H groups in total. The summed E-state index contributed by atoms with van der Waals surface area (Å²) in [5, 5.41) is 10.1. The number of halogens is 1. The summed E-state index contributed by atoms with van der Waals surface area (Å²) < 4.78 is 3.51. The maximum absolute atomic E-state index is 12.9. The molecular weight excluding hydrogens is 374 g/mol. The minimum absolute atomic E-state index is 0.137. The highest BCUT2D eigenvalue weighted by atomic mass is 35.5. The number of aromatic nitrogens is 4. The second-order valence-corrected chi connectivity index (χ2v) is 6.93. The molecule has 0 saturated heterocycles. The molecule has 7 heteroatoms. The van der Waals surface area contributed by atoms with Gasteiger partial charge in [-0.2, -0.15) is 5.26 Å². The van der Waals surface area contributed by atoms with Crippen LogP contribution in [0.2, 0.25) is 5.15 Å². The smallest absolute Gasteiger partial charge is 0.271 e. The van der Waals surface area contributed by atoms with Crippen LogP contribution in [0.15, 0.2) is 59.8 Å². The third kappa shape index (κ3) is 3.28. The highest BCUT2D eigenvalue weighted by Gasteiger charge is 2.23. The summed E-state index contributed by atoms with van der Waals surface area (Å²) >= 11 is 5.86. The molecule has 4 heterocycles. The Morgan fingerprint density at radius 1 is 1.07 bits per heavy atom. The Kier molecular flexibility index (Phi) is 4.68. The van der Waals surface area contributed by atoms with E-state index in [-0.39, 0.29) is 11.1 Å². The number of pyridine rings is 3. The highest BCUT2D eigenvalue weighted by molar-refractivity contribution is 6.29. The number of nitriles is 1. The molecule has 0 aliphatic carbocycles. The maximum atomic E-state index is 12.9. The molecule has 2 aliphatic rings. The quantitative estimate of drug-likeness (QED) is 0.501. The van der Waals surface area contributed by atoms with E-state index in [1.807, 2.05) is 48.0 Å². The van der Waals surface area contributed by atoms with Crippen molar-refractivity contribution in [3.63, 3.8) is 0 Å². The molecule has 6 nitrogen and oxygen atoms in total. The molecule has 0 bridgehead atoms. The van der Waals surface area contributed by atoms with Crippen molar-refractivity contribution < 1.29 is 0 Å². The molecule has 0 atom stereocenters. The van der Waals surface area contributed by atoms with Gasteiger partial charge in [0, 0.05) is 30.8 Å². The van der Waals surface area contributed by atoms with Crippen LogP contribution >= 0.6 is 11.6 Å². The SMILES string of the molecule is Cc1ccc(Cn2c3cccn(Cc4ccc(Cl)nc4)c-3c(C#N)c2=O)cn1. The second kappa shape index (κ2) is 7.29. The van der Waals surface area contributed by atoms with Crippen molar-refractivity contribution >= 4 is 11.6 Å². The molecule has 4 rings (SSSR count). The second-order valence-electron chi connectivity index (χ2n) is 6.55. The van der Waals surface area contributed by atoms with Crippen molar-refractivity contribution in [3.05, 3.63) is 92.9 Å². The van der Waals surface area contributed by atoms with Gasteiger partial charge in [0.15, 0.2) is 0 Å². The number of fused-ring (bicyclic) bond motifs is 1. The third-order valence-electron chi connectivity index (χ3n) is 4.60. The fourth-order valence-electron chi connectivity index (χ4n) is 3.23. The summed E-state index contributed by atoms with van der Waals surface area (Å²) in [5.74, 6) is 0.